The van der Waals surface area contributed by atoms with Crippen molar-refractivity contribution in [3.63, 3.8) is 0 Å². The van der Waals surface area contributed by atoms with Gasteiger partial charge in [-0.25, -0.2) is 9.97 Å². The van der Waals surface area contributed by atoms with E-state index in [9.17, 15) is 0 Å². The number of aryl methyl sites for hydroxylation is 2. The first-order valence-corrected chi connectivity index (χ1v) is 11.3. The molecule has 2 aromatic heterocycles. The van der Waals surface area contributed by atoms with Crippen LogP contribution in [0.15, 0.2) is 93.8 Å². The van der Waals surface area contributed by atoms with Crippen molar-refractivity contribution in [3.05, 3.63) is 107 Å². The standard InChI is InChI=1S/C30H22N2O2/c1-19-11-15-27-25(17-19)31-29(33-27)23-9-5-3-7-21(23)13-14-22-8-4-6-10-24(22)30-32-26-18-20(2)12-16-28(26)34-30/h3-18H,1-2H3/b14-13+. The number of oxazole rings is 2. The lowest BCUT2D eigenvalue weighted by Crippen LogP contribution is -1.85. The topological polar surface area (TPSA) is 52.1 Å². The third-order valence-corrected chi connectivity index (χ3v) is 5.91. The summed E-state index contributed by atoms with van der Waals surface area (Å²) in [6, 6.07) is 28.3. The van der Waals surface area contributed by atoms with Gasteiger partial charge in [-0.3, -0.25) is 0 Å². The summed E-state index contributed by atoms with van der Waals surface area (Å²) >= 11 is 0. The maximum atomic E-state index is 6.07. The van der Waals surface area contributed by atoms with Crippen molar-refractivity contribution in [3.8, 4) is 22.9 Å². The van der Waals surface area contributed by atoms with Gasteiger partial charge in [0, 0.05) is 11.1 Å². The van der Waals surface area contributed by atoms with E-state index < -0.39 is 0 Å². The average Bonchev–Trinajstić information content (AvgIpc) is 3.46. The molecule has 0 unspecified atom stereocenters. The van der Waals surface area contributed by atoms with Gasteiger partial charge in [-0.1, -0.05) is 60.7 Å². The van der Waals surface area contributed by atoms with E-state index in [1.54, 1.807) is 0 Å². The highest BCUT2D eigenvalue weighted by atomic mass is 16.4. The second-order valence-corrected chi connectivity index (χ2v) is 8.49. The molecule has 6 aromatic rings. The second kappa shape index (κ2) is 8.16. The van der Waals surface area contributed by atoms with Gasteiger partial charge in [0.25, 0.3) is 0 Å². The highest BCUT2D eigenvalue weighted by Crippen LogP contribution is 2.31. The Balaban J connectivity index is 1.40. The molecule has 0 aliphatic carbocycles. The number of aromatic nitrogens is 2. The van der Waals surface area contributed by atoms with Gasteiger partial charge in [0.15, 0.2) is 11.2 Å². The normalized spacial score (nSPS) is 11.7. The molecule has 0 saturated heterocycles. The lowest BCUT2D eigenvalue weighted by atomic mass is 10.0. The number of rotatable bonds is 4. The number of hydrogen-bond donors (Lipinski definition) is 0. The second-order valence-electron chi connectivity index (χ2n) is 8.49. The van der Waals surface area contributed by atoms with Crippen molar-refractivity contribution >= 4 is 34.4 Å². The van der Waals surface area contributed by atoms with Crippen LogP contribution in [0.25, 0.3) is 57.3 Å². The summed E-state index contributed by atoms with van der Waals surface area (Å²) in [5.41, 5.74) is 9.56. The van der Waals surface area contributed by atoms with Gasteiger partial charge in [0.05, 0.1) is 0 Å². The van der Waals surface area contributed by atoms with E-state index in [0.29, 0.717) is 11.8 Å². The van der Waals surface area contributed by atoms with E-state index in [2.05, 4.69) is 38.1 Å². The predicted octanol–water partition coefficient (Wildman–Crippen LogP) is 8.09. The van der Waals surface area contributed by atoms with E-state index in [0.717, 1.165) is 55.6 Å². The Labute approximate surface area is 197 Å². The summed E-state index contributed by atoms with van der Waals surface area (Å²) in [6.45, 7) is 4.11. The van der Waals surface area contributed by atoms with Crippen LogP contribution in [0, 0.1) is 13.8 Å². The van der Waals surface area contributed by atoms with Crippen molar-refractivity contribution in [2.45, 2.75) is 13.8 Å². The first kappa shape index (κ1) is 20.2. The molecule has 0 radical (unpaired) electrons. The van der Waals surface area contributed by atoms with Gasteiger partial charge in [0.2, 0.25) is 11.8 Å². The molecular formula is C30H22N2O2. The minimum atomic E-state index is 0.614. The maximum Gasteiger partial charge on any atom is 0.227 e. The van der Waals surface area contributed by atoms with Gasteiger partial charge in [-0.15, -0.1) is 0 Å². The molecule has 164 valence electrons. The van der Waals surface area contributed by atoms with Gasteiger partial charge in [-0.05, 0) is 72.5 Å². The molecular weight excluding hydrogens is 420 g/mol. The summed E-state index contributed by atoms with van der Waals surface area (Å²) in [6.07, 6.45) is 4.17. The Morgan fingerprint density at radius 1 is 0.559 bits per heavy atom. The Kier molecular flexibility index (Phi) is 4.84. The van der Waals surface area contributed by atoms with Crippen molar-refractivity contribution < 1.29 is 8.83 Å². The lowest BCUT2D eigenvalue weighted by molar-refractivity contribution is 0.619. The van der Waals surface area contributed by atoms with Gasteiger partial charge in [-0.2, -0.15) is 0 Å². The number of hydrogen-bond acceptors (Lipinski definition) is 4. The van der Waals surface area contributed by atoms with Crippen molar-refractivity contribution in [1.29, 1.82) is 0 Å². The lowest BCUT2D eigenvalue weighted by Gasteiger charge is -2.04. The van der Waals surface area contributed by atoms with Gasteiger partial charge in [0.1, 0.15) is 11.0 Å². The Morgan fingerprint density at radius 2 is 1.00 bits per heavy atom. The molecule has 0 aliphatic rings. The minimum Gasteiger partial charge on any atom is -0.436 e. The highest BCUT2D eigenvalue weighted by Gasteiger charge is 2.13. The van der Waals surface area contributed by atoms with Crippen LogP contribution in [0.4, 0.5) is 0 Å². The molecule has 0 spiro atoms. The summed E-state index contributed by atoms with van der Waals surface area (Å²) in [5.74, 6) is 1.23. The minimum absolute atomic E-state index is 0.614. The SMILES string of the molecule is Cc1ccc2oc(-c3ccccc3/C=C/c3ccccc3-c3nc4cc(C)ccc4o3)nc2c1. The van der Waals surface area contributed by atoms with E-state index >= 15 is 0 Å². The molecule has 0 N–H and O–H groups in total. The van der Waals surface area contributed by atoms with E-state index in [4.69, 9.17) is 18.8 Å². The molecule has 0 saturated carbocycles. The predicted molar refractivity (Wildman–Crippen MR) is 137 cm³/mol. The number of nitrogens with zero attached hydrogens (tertiary/aromatic N) is 2. The molecule has 0 fully saturated rings. The largest absolute Gasteiger partial charge is 0.436 e. The zero-order chi connectivity index (χ0) is 23.1. The fourth-order valence-corrected chi connectivity index (χ4v) is 4.16. The van der Waals surface area contributed by atoms with Crippen LogP contribution >= 0.6 is 0 Å². The van der Waals surface area contributed by atoms with Crippen LogP contribution in [0.1, 0.15) is 22.3 Å². The molecule has 0 atom stereocenters. The number of fused-ring (bicyclic) bond motifs is 2. The summed E-state index contributed by atoms with van der Waals surface area (Å²) < 4.78 is 12.1. The Bertz CT molecular complexity index is 1560. The first-order chi connectivity index (χ1) is 16.6. The van der Waals surface area contributed by atoms with Crippen LogP contribution in [0.3, 0.4) is 0 Å². The zero-order valence-electron chi connectivity index (χ0n) is 18.9. The van der Waals surface area contributed by atoms with Crippen molar-refractivity contribution in [1.82, 2.24) is 9.97 Å². The fourth-order valence-electron chi connectivity index (χ4n) is 4.16. The quantitative estimate of drug-likeness (QED) is 0.259. The van der Waals surface area contributed by atoms with Crippen molar-refractivity contribution in [2.24, 2.45) is 0 Å². The van der Waals surface area contributed by atoms with Gasteiger partial charge >= 0.3 is 0 Å². The monoisotopic (exact) mass is 442 g/mol. The average molecular weight is 443 g/mol. The van der Waals surface area contributed by atoms with Crippen molar-refractivity contribution in [2.75, 3.05) is 0 Å². The van der Waals surface area contributed by atoms with E-state index in [-0.39, 0.29) is 0 Å². The van der Waals surface area contributed by atoms with Crippen LogP contribution < -0.4 is 0 Å². The molecule has 4 nitrogen and oxygen atoms in total. The third-order valence-electron chi connectivity index (χ3n) is 5.91. The molecule has 0 aliphatic heterocycles. The molecule has 6 rings (SSSR count). The summed E-state index contributed by atoms with van der Waals surface area (Å²) in [4.78, 5) is 9.46. The summed E-state index contributed by atoms with van der Waals surface area (Å²) in [5, 5.41) is 0. The Hall–Kier alpha value is -4.44. The van der Waals surface area contributed by atoms with E-state index in [1.807, 2.05) is 72.8 Å². The van der Waals surface area contributed by atoms with Gasteiger partial charge < -0.3 is 8.83 Å². The molecule has 4 heteroatoms. The maximum absolute atomic E-state index is 6.07. The van der Waals surface area contributed by atoms with Crippen LogP contribution in [-0.2, 0) is 0 Å². The first-order valence-electron chi connectivity index (χ1n) is 11.3. The van der Waals surface area contributed by atoms with Crippen LogP contribution in [0.5, 0.6) is 0 Å². The molecule has 0 bridgehead atoms. The van der Waals surface area contributed by atoms with Crippen LogP contribution in [0.2, 0.25) is 0 Å². The molecule has 34 heavy (non-hydrogen) atoms. The zero-order valence-corrected chi connectivity index (χ0v) is 18.9. The van der Waals surface area contributed by atoms with E-state index in [1.165, 1.54) is 0 Å². The summed E-state index contributed by atoms with van der Waals surface area (Å²) in [7, 11) is 0. The molecule has 4 aromatic carbocycles. The van der Waals surface area contributed by atoms with Crippen LogP contribution in [-0.4, -0.2) is 9.97 Å². The molecule has 0 amide bonds. The third kappa shape index (κ3) is 3.69. The number of benzene rings is 4. The smallest absolute Gasteiger partial charge is 0.227 e. The Morgan fingerprint density at radius 3 is 1.47 bits per heavy atom. The highest BCUT2D eigenvalue weighted by molar-refractivity contribution is 5.85. The molecule has 2 heterocycles. The fraction of sp³-hybridized carbons (Fsp3) is 0.0667.